The van der Waals surface area contributed by atoms with Gasteiger partial charge >= 0.3 is 6.09 Å². The number of nitrogens with one attached hydrogen (secondary N) is 1. The van der Waals surface area contributed by atoms with Crippen molar-refractivity contribution in [1.82, 2.24) is 5.32 Å². The fourth-order valence-corrected chi connectivity index (χ4v) is 2.08. The van der Waals surface area contributed by atoms with Crippen LogP contribution in [-0.2, 0) is 4.74 Å². The summed E-state index contributed by atoms with van der Waals surface area (Å²) in [7, 11) is 0. The van der Waals surface area contributed by atoms with E-state index in [4.69, 9.17) is 4.74 Å². The third-order valence-corrected chi connectivity index (χ3v) is 3.08. The third kappa shape index (κ3) is 1.28. The van der Waals surface area contributed by atoms with Crippen LogP contribution >= 0.6 is 0 Å². The molecule has 0 radical (unpaired) electrons. The first-order chi connectivity index (χ1) is 5.70. The Labute approximate surface area is 72.5 Å². The first-order valence-corrected chi connectivity index (χ1v) is 4.65. The highest BCUT2D eigenvalue weighted by molar-refractivity contribution is 5.70. The number of alkyl carbamates (subject to hydrolysis) is 1. The Morgan fingerprint density at radius 2 is 2.17 bits per heavy atom. The van der Waals surface area contributed by atoms with Crippen molar-refractivity contribution < 1.29 is 9.53 Å². The topological polar surface area (TPSA) is 38.3 Å². The maximum Gasteiger partial charge on any atom is 0.407 e. The fraction of sp³-hybridized carbons (Fsp3) is 0.889. The van der Waals surface area contributed by atoms with Crippen LogP contribution in [0.15, 0.2) is 0 Å². The molecule has 12 heavy (non-hydrogen) atoms. The van der Waals surface area contributed by atoms with E-state index in [-0.39, 0.29) is 11.6 Å². The van der Waals surface area contributed by atoms with Crippen molar-refractivity contribution in [2.75, 3.05) is 6.61 Å². The van der Waals surface area contributed by atoms with E-state index in [0.717, 1.165) is 18.8 Å². The zero-order chi connectivity index (χ0) is 8.60. The van der Waals surface area contributed by atoms with Gasteiger partial charge in [0.1, 0.15) is 6.61 Å². The molecule has 2 aliphatic rings. The van der Waals surface area contributed by atoms with Gasteiger partial charge in [-0.25, -0.2) is 4.79 Å². The van der Waals surface area contributed by atoms with Crippen LogP contribution in [0.4, 0.5) is 4.79 Å². The van der Waals surface area contributed by atoms with Gasteiger partial charge in [0.05, 0.1) is 5.54 Å². The molecule has 1 N–H and O–H groups in total. The van der Waals surface area contributed by atoms with Gasteiger partial charge in [-0.05, 0) is 31.6 Å². The van der Waals surface area contributed by atoms with Crippen molar-refractivity contribution in [3.63, 3.8) is 0 Å². The molecule has 1 aliphatic heterocycles. The van der Waals surface area contributed by atoms with Gasteiger partial charge < -0.3 is 10.1 Å². The van der Waals surface area contributed by atoms with E-state index in [1.54, 1.807) is 0 Å². The van der Waals surface area contributed by atoms with Crippen LogP contribution in [0.1, 0.15) is 32.6 Å². The highest BCUT2D eigenvalue weighted by Gasteiger charge is 2.41. The maximum atomic E-state index is 10.9. The minimum Gasteiger partial charge on any atom is -0.447 e. The summed E-state index contributed by atoms with van der Waals surface area (Å²) in [4.78, 5) is 10.9. The van der Waals surface area contributed by atoms with E-state index in [0.29, 0.717) is 6.61 Å². The second kappa shape index (κ2) is 2.64. The number of hydrogen-bond acceptors (Lipinski definition) is 2. The quantitative estimate of drug-likeness (QED) is 0.599. The van der Waals surface area contributed by atoms with Crippen molar-refractivity contribution in [3.8, 4) is 0 Å². The number of hydrogen-bond donors (Lipinski definition) is 1. The Morgan fingerprint density at radius 3 is 2.67 bits per heavy atom. The predicted molar refractivity (Wildman–Crippen MR) is 44.8 cm³/mol. The minimum absolute atomic E-state index is 0.00356. The van der Waals surface area contributed by atoms with Crippen molar-refractivity contribution in [1.29, 1.82) is 0 Å². The van der Waals surface area contributed by atoms with Crippen LogP contribution in [0.3, 0.4) is 0 Å². The lowest BCUT2D eigenvalue weighted by atomic mass is 9.78. The van der Waals surface area contributed by atoms with Crippen LogP contribution in [0.25, 0.3) is 0 Å². The summed E-state index contributed by atoms with van der Waals surface area (Å²) in [5.41, 5.74) is 0.00356. The molecule has 1 saturated carbocycles. The van der Waals surface area contributed by atoms with Gasteiger partial charge in [-0.3, -0.25) is 0 Å². The number of cyclic esters (lactones) is 1. The molecule has 0 bridgehead atoms. The van der Waals surface area contributed by atoms with Gasteiger partial charge in [-0.15, -0.1) is 0 Å². The highest BCUT2D eigenvalue weighted by atomic mass is 16.6. The lowest BCUT2D eigenvalue weighted by Gasteiger charge is -2.33. The molecule has 3 nitrogen and oxygen atoms in total. The fourth-order valence-electron chi connectivity index (χ4n) is 2.08. The molecule has 0 unspecified atom stereocenters. The number of ether oxygens (including phenoxy) is 1. The van der Waals surface area contributed by atoms with Crippen molar-refractivity contribution in [2.45, 2.75) is 38.1 Å². The van der Waals surface area contributed by atoms with Gasteiger partial charge in [0.2, 0.25) is 0 Å². The summed E-state index contributed by atoms with van der Waals surface area (Å²) in [5, 5.41) is 2.93. The Kier molecular flexibility index (Phi) is 1.74. The number of rotatable bonds is 0. The second-order valence-corrected chi connectivity index (χ2v) is 4.16. The van der Waals surface area contributed by atoms with Crippen LogP contribution in [0, 0.1) is 5.92 Å². The average molecular weight is 169 g/mol. The molecule has 1 amide bonds. The summed E-state index contributed by atoms with van der Waals surface area (Å²) in [6.07, 6.45) is 4.36. The average Bonchev–Trinajstić information content (AvgIpc) is 2.40. The first kappa shape index (κ1) is 7.90. The molecule has 0 atom stereocenters. The summed E-state index contributed by atoms with van der Waals surface area (Å²) in [6, 6.07) is 0. The number of amides is 1. The predicted octanol–water partition coefficient (Wildman–Crippen LogP) is 1.68. The van der Waals surface area contributed by atoms with Gasteiger partial charge in [0, 0.05) is 0 Å². The zero-order valence-corrected chi connectivity index (χ0v) is 7.43. The van der Waals surface area contributed by atoms with Crippen LogP contribution in [-0.4, -0.2) is 18.2 Å². The maximum absolute atomic E-state index is 10.9. The van der Waals surface area contributed by atoms with Crippen LogP contribution < -0.4 is 5.32 Å². The van der Waals surface area contributed by atoms with Crippen LogP contribution in [0.2, 0.25) is 0 Å². The normalized spacial score (nSPS) is 41.1. The molecule has 0 aromatic carbocycles. The first-order valence-electron chi connectivity index (χ1n) is 4.65. The van der Waals surface area contributed by atoms with E-state index in [1.165, 1.54) is 12.8 Å². The van der Waals surface area contributed by atoms with Gasteiger partial charge in [-0.1, -0.05) is 6.92 Å². The standard InChI is InChI=1S/C9H15NO2/c1-7-2-4-9(5-3-7)6-12-8(11)10-9/h7H,2-6H2,1H3,(H,10,11). The lowest BCUT2D eigenvalue weighted by molar-refractivity contribution is 0.158. The third-order valence-electron chi connectivity index (χ3n) is 3.08. The van der Waals surface area contributed by atoms with Crippen molar-refractivity contribution >= 4 is 6.09 Å². The molecule has 2 rings (SSSR count). The minimum atomic E-state index is -0.232. The molecule has 1 heterocycles. The molecule has 68 valence electrons. The Hall–Kier alpha value is -0.730. The van der Waals surface area contributed by atoms with E-state index >= 15 is 0 Å². The highest BCUT2D eigenvalue weighted by Crippen LogP contribution is 2.34. The monoisotopic (exact) mass is 169 g/mol. The van der Waals surface area contributed by atoms with Gasteiger partial charge in [0.25, 0.3) is 0 Å². The summed E-state index contributed by atoms with van der Waals surface area (Å²) in [6.45, 7) is 2.85. The second-order valence-electron chi connectivity index (χ2n) is 4.16. The molecule has 1 aliphatic carbocycles. The molecule has 0 aromatic heterocycles. The van der Waals surface area contributed by atoms with Crippen molar-refractivity contribution in [2.24, 2.45) is 5.92 Å². The summed E-state index contributed by atoms with van der Waals surface area (Å²) < 4.78 is 4.93. The van der Waals surface area contributed by atoms with E-state index in [2.05, 4.69) is 12.2 Å². The zero-order valence-electron chi connectivity index (χ0n) is 7.43. The lowest BCUT2D eigenvalue weighted by Crippen LogP contribution is -2.46. The molecule has 1 spiro atoms. The van der Waals surface area contributed by atoms with Gasteiger partial charge in [-0.2, -0.15) is 0 Å². The van der Waals surface area contributed by atoms with Gasteiger partial charge in [0.15, 0.2) is 0 Å². The molecule has 3 heteroatoms. The molecule has 0 aromatic rings. The molecule has 2 fully saturated rings. The Balaban J connectivity index is 1.99. The number of carbonyl (C=O) groups is 1. The summed E-state index contributed by atoms with van der Waals surface area (Å²) in [5.74, 6) is 0.813. The van der Waals surface area contributed by atoms with E-state index in [1.807, 2.05) is 0 Å². The SMILES string of the molecule is CC1CCC2(CC1)COC(=O)N2. The van der Waals surface area contributed by atoms with Crippen LogP contribution in [0.5, 0.6) is 0 Å². The molecular weight excluding hydrogens is 154 g/mol. The van der Waals surface area contributed by atoms with Crippen molar-refractivity contribution in [3.05, 3.63) is 0 Å². The summed E-state index contributed by atoms with van der Waals surface area (Å²) >= 11 is 0. The largest absolute Gasteiger partial charge is 0.447 e. The number of carbonyl (C=O) groups excluding carboxylic acids is 1. The smallest absolute Gasteiger partial charge is 0.407 e. The molecular formula is C9H15NO2. The molecule has 1 saturated heterocycles. The van der Waals surface area contributed by atoms with E-state index in [9.17, 15) is 4.79 Å². The Morgan fingerprint density at radius 1 is 1.50 bits per heavy atom. The van der Waals surface area contributed by atoms with E-state index < -0.39 is 0 Å². The Bertz CT molecular complexity index is 195.